The minimum atomic E-state index is -0.691. The van der Waals surface area contributed by atoms with E-state index in [0.29, 0.717) is 18.3 Å². The van der Waals surface area contributed by atoms with E-state index in [2.05, 4.69) is 4.90 Å². The van der Waals surface area contributed by atoms with Crippen LogP contribution in [-0.4, -0.2) is 46.8 Å². The molecule has 1 aliphatic heterocycles. The maximum atomic E-state index is 10.3. The molecule has 3 unspecified atom stereocenters. The highest BCUT2D eigenvalue weighted by Gasteiger charge is 2.41. The molecule has 1 aliphatic carbocycles. The number of rotatable bonds is 6. The zero-order valence-corrected chi connectivity index (χ0v) is 10.3. The number of hydrogen-bond acceptors (Lipinski definition) is 3. The summed E-state index contributed by atoms with van der Waals surface area (Å²) < 4.78 is 0. The van der Waals surface area contributed by atoms with E-state index >= 15 is 0 Å². The number of fused-ring (bicyclic) bond motifs is 1. The second kappa shape index (κ2) is 5.83. The Morgan fingerprint density at radius 3 is 2.71 bits per heavy atom. The van der Waals surface area contributed by atoms with Gasteiger partial charge in [0, 0.05) is 25.4 Å². The molecule has 1 saturated carbocycles. The van der Waals surface area contributed by atoms with Gasteiger partial charge in [0.2, 0.25) is 0 Å². The molecule has 1 heterocycles. The first-order valence-corrected chi connectivity index (χ1v) is 6.79. The topological polar surface area (TPSA) is 60.8 Å². The lowest BCUT2D eigenvalue weighted by molar-refractivity contribution is -0.137. The highest BCUT2D eigenvalue weighted by atomic mass is 16.4. The lowest BCUT2D eigenvalue weighted by Gasteiger charge is -2.17. The van der Waals surface area contributed by atoms with Gasteiger partial charge in [0.15, 0.2) is 0 Å². The molecular formula is C13H23NO3. The van der Waals surface area contributed by atoms with Crippen LogP contribution in [0.5, 0.6) is 0 Å². The second-order valence-corrected chi connectivity index (χ2v) is 5.53. The molecule has 4 nitrogen and oxygen atoms in total. The first-order valence-electron chi connectivity index (χ1n) is 6.79. The first-order chi connectivity index (χ1) is 8.16. The van der Waals surface area contributed by atoms with Crippen molar-refractivity contribution in [2.45, 2.75) is 44.6 Å². The highest BCUT2D eigenvalue weighted by Crippen LogP contribution is 2.37. The predicted octanol–water partition coefficient (Wildman–Crippen LogP) is 1.33. The Morgan fingerprint density at radius 1 is 1.18 bits per heavy atom. The number of likely N-dealkylation sites (tertiary alicyclic amines) is 1. The van der Waals surface area contributed by atoms with Crippen LogP contribution in [0.4, 0.5) is 0 Å². The van der Waals surface area contributed by atoms with Gasteiger partial charge in [-0.2, -0.15) is 0 Å². The number of aliphatic hydroxyl groups is 1. The molecule has 3 atom stereocenters. The molecule has 0 amide bonds. The number of carboxylic acid groups (broad SMARTS) is 1. The van der Waals surface area contributed by atoms with Crippen LogP contribution >= 0.6 is 0 Å². The molecule has 2 aliphatic rings. The lowest BCUT2D eigenvalue weighted by Crippen LogP contribution is -2.25. The zero-order chi connectivity index (χ0) is 12.3. The normalized spacial score (nSPS) is 32.9. The summed E-state index contributed by atoms with van der Waals surface area (Å²) in [4.78, 5) is 12.8. The molecule has 4 heteroatoms. The third-order valence-corrected chi connectivity index (χ3v) is 4.26. The molecule has 2 fully saturated rings. The molecule has 17 heavy (non-hydrogen) atoms. The summed E-state index contributed by atoms with van der Waals surface area (Å²) in [5.74, 6) is 0.530. The molecule has 0 radical (unpaired) electrons. The fourth-order valence-corrected chi connectivity index (χ4v) is 3.30. The Labute approximate surface area is 103 Å². The van der Waals surface area contributed by atoms with Crippen molar-refractivity contribution in [1.29, 1.82) is 0 Å². The number of carboxylic acids is 1. The second-order valence-electron chi connectivity index (χ2n) is 5.53. The van der Waals surface area contributed by atoms with Crippen molar-refractivity contribution in [1.82, 2.24) is 4.90 Å². The Hall–Kier alpha value is -0.610. The molecule has 0 bridgehead atoms. The molecule has 0 aromatic carbocycles. The maximum Gasteiger partial charge on any atom is 0.303 e. The van der Waals surface area contributed by atoms with Crippen LogP contribution in [0.3, 0.4) is 0 Å². The molecule has 0 spiro atoms. The van der Waals surface area contributed by atoms with E-state index in [1.807, 2.05) is 0 Å². The van der Waals surface area contributed by atoms with Crippen molar-refractivity contribution < 1.29 is 15.0 Å². The number of hydrogen-bond donors (Lipinski definition) is 2. The Morgan fingerprint density at radius 2 is 2.00 bits per heavy atom. The van der Waals surface area contributed by atoms with Gasteiger partial charge in [0.05, 0.1) is 6.10 Å². The van der Waals surface area contributed by atoms with Gasteiger partial charge in [-0.05, 0) is 38.1 Å². The third kappa shape index (κ3) is 3.42. The minimum Gasteiger partial charge on any atom is -0.481 e. The first kappa shape index (κ1) is 12.8. The number of aliphatic carboxylic acids is 1. The minimum absolute atomic E-state index is 0.0722. The van der Waals surface area contributed by atoms with Crippen LogP contribution in [-0.2, 0) is 4.79 Å². The van der Waals surface area contributed by atoms with E-state index in [4.69, 9.17) is 5.11 Å². The Bertz CT molecular complexity index is 269. The monoisotopic (exact) mass is 241 g/mol. The van der Waals surface area contributed by atoms with Gasteiger partial charge < -0.3 is 15.1 Å². The van der Waals surface area contributed by atoms with Crippen LogP contribution in [0.15, 0.2) is 0 Å². The van der Waals surface area contributed by atoms with Crippen LogP contribution in [0.1, 0.15) is 38.5 Å². The highest BCUT2D eigenvalue weighted by molar-refractivity contribution is 5.66. The van der Waals surface area contributed by atoms with Crippen LogP contribution < -0.4 is 0 Å². The predicted molar refractivity (Wildman–Crippen MR) is 64.8 cm³/mol. The van der Waals surface area contributed by atoms with Crippen LogP contribution in [0, 0.1) is 11.8 Å². The lowest BCUT2D eigenvalue weighted by atomic mass is 10.00. The summed E-state index contributed by atoms with van der Waals surface area (Å²) in [6, 6.07) is 0. The molecule has 2 rings (SSSR count). The number of nitrogens with zero attached hydrogens (tertiary/aromatic N) is 1. The van der Waals surface area contributed by atoms with Gasteiger partial charge in [-0.25, -0.2) is 0 Å². The van der Waals surface area contributed by atoms with Gasteiger partial charge in [0.1, 0.15) is 0 Å². The van der Waals surface area contributed by atoms with Crippen molar-refractivity contribution >= 4 is 5.97 Å². The van der Waals surface area contributed by atoms with Crippen molar-refractivity contribution in [2.24, 2.45) is 11.8 Å². The molecule has 0 aromatic rings. The van der Waals surface area contributed by atoms with Gasteiger partial charge in [0.25, 0.3) is 0 Å². The number of carbonyl (C=O) groups is 1. The van der Waals surface area contributed by atoms with Crippen LogP contribution in [0.25, 0.3) is 0 Å². The number of aliphatic hydroxyl groups excluding tert-OH is 1. The van der Waals surface area contributed by atoms with Crippen molar-refractivity contribution in [3.63, 3.8) is 0 Å². The van der Waals surface area contributed by atoms with Crippen molar-refractivity contribution in [3.05, 3.63) is 0 Å². The fraction of sp³-hybridized carbons (Fsp3) is 0.923. The number of unbranched alkanes of at least 4 members (excludes halogenated alkanes) is 2. The summed E-state index contributed by atoms with van der Waals surface area (Å²) in [6.07, 6.45) is 5.27. The summed E-state index contributed by atoms with van der Waals surface area (Å²) in [5.41, 5.74) is 0. The van der Waals surface area contributed by atoms with Gasteiger partial charge in [-0.15, -0.1) is 0 Å². The molecule has 1 saturated heterocycles. The summed E-state index contributed by atoms with van der Waals surface area (Å²) >= 11 is 0. The largest absolute Gasteiger partial charge is 0.481 e. The van der Waals surface area contributed by atoms with E-state index in [1.165, 1.54) is 6.42 Å². The van der Waals surface area contributed by atoms with Gasteiger partial charge in [-0.3, -0.25) is 4.79 Å². The summed E-state index contributed by atoms with van der Waals surface area (Å²) in [6.45, 7) is 3.25. The van der Waals surface area contributed by atoms with E-state index < -0.39 is 5.97 Å². The average molecular weight is 241 g/mol. The van der Waals surface area contributed by atoms with Gasteiger partial charge in [-0.1, -0.05) is 6.42 Å². The van der Waals surface area contributed by atoms with E-state index in [-0.39, 0.29) is 6.10 Å². The SMILES string of the molecule is O=C(O)CCCCCN1CC2CCC(O)C2C1. The summed E-state index contributed by atoms with van der Waals surface area (Å²) in [7, 11) is 0. The summed E-state index contributed by atoms with van der Waals surface area (Å²) in [5, 5.41) is 18.3. The van der Waals surface area contributed by atoms with Crippen molar-refractivity contribution in [2.75, 3.05) is 19.6 Å². The quantitative estimate of drug-likeness (QED) is 0.689. The van der Waals surface area contributed by atoms with Crippen LogP contribution in [0.2, 0.25) is 0 Å². The Kier molecular flexibility index (Phi) is 4.40. The maximum absolute atomic E-state index is 10.3. The molecule has 98 valence electrons. The molecule has 2 N–H and O–H groups in total. The third-order valence-electron chi connectivity index (χ3n) is 4.26. The Balaban J connectivity index is 1.58. The molecule has 0 aromatic heterocycles. The van der Waals surface area contributed by atoms with Crippen molar-refractivity contribution in [3.8, 4) is 0 Å². The fourth-order valence-electron chi connectivity index (χ4n) is 3.30. The smallest absolute Gasteiger partial charge is 0.303 e. The van der Waals surface area contributed by atoms with E-state index in [0.717, 1.165) is 45.3 Å². The average Bonchev–Trinajstić information content (AvgIpc) is 2.81. The van der Waals surface area contributed by atoms with Gasteiger partial charge >= 0.3 is 5.97 Å². The zero-order valence-electron chi connectivity index (χ0n) is 10.3. The standard InChI is InChI=1S/C13H23NO3/c15-12-6-5-10-8-14(9-11(10)12)7-3-1-2-4-13(16)17/h10-12,15H,1-9H2,(H,16,17). The van der Waals surface area contributed by atoms with E-state index in [9.17, 15) is 9.90 Å². The molecular weight excluding hydrogens is 218 g/mol. The van der Waals surface area contributed by atoms with E-state index in [1.54, 1.807) is 0 Å².